The molecule has 0 saturated carbocycles. The second-order valence-electron chi connectivity index (χ2n) is 6.90. The minimum Gasteiger partial charge on any atom is -0.493 e. The predicted octanol–water partition coefficient (Wildman–Crippen LogP) is 2.43. The number of hydrogen-bond donors (Lipinski definition) is 2. The number of aromatic amines is 2. The molecule has 0 radical (unpaired) electrons. The predicted molar refractivity (Wildman–Crippen MR) is 126 cm³/mol. The van der Waals surface area contributed by atoms with Gasteiger partial charge < -0.3 is 23.9 Å². The van der Waals surface area contributed by atoms with Gasteiger partial charge in [0.05, 0.1) is 19.1 Å². The zero-order chi connectivity index (χ0) is 25.4. The van der Waals surface area contributed by atoms with Crippen LogP contribution in [-0.4, -0.2) is 48.6 Å². The standard InChI is InChI=1S/C23H21N3O9/c1-32-19-11-14(3-6-16-21(26(30)31)22(28)25-23(29)24-16)4-7-17(19)34-9-10-35-18-8-5-15(13-27)12-20(18)33-2/h3-8,11-13H,9-10H2,1-2H3,(H2,24,25,28,29). The van der Waals surface area contributed by atoms with Crippen molar-refractivity contribution in [1.29, 1.82) is 0 Å². The van der Waals surface area contributed by atoms with E-state index in [4.69, 9.17) is 18.9 Å². The molecule has 0 amide bonds. The van der Waals surface area contributed by atoms with Crippen LogP contribution in [0.25, 0.3) is 12.2 Å². The summed E-state index contributed by atoms with van der Waals surface area (Å²) in [6, 6.07) is 9.71. The number of aromatic nitrogens is 2. The highest BCUT2D eigenvalue weighted by Crippen LogP contribution is 2.30. The summed E-state index contributed by atoms with van der Waals surface area (Å²) in [5.41, 5.74) is -1.94. The van der Waals surface area contributed by atoms with Crippen molar-refractivity contribution >= 4 is 24.1 Å². The topological polar surface area (TPSA) is 163 Å². The molecule has 12 heteroatoms. The summed E-state index contributed by atoms with van der Waals surface area (Å²) >= 11 is 0. The second-order valence-corrected chi connectivity index (χ2v) is 6.90. The molecular formula is C23H21N3O9. The summed E-state index contributed by atoms with van der Waals surface area (Å²) in [4.78, 5) is 48.4. The van der Waals surface area contributed by atoms with E-state index in [-0.39, 0.29) is 18.9 Å². The van der Waals surface area contributed by atoms with Gasteiger partial charge >= 0.3 is 16.9 Å². The maximum Gasteiger partial charge on any atom is 0.357 e. The molecule has 35 heavy (non-hydrogen) atoms. The molecule has 0 atom stereocenters. The minimum atomic E-state index is -1.10. The monoisotopic (exact) mass is 483 g/mol. The van der Waals surface area contributed by atoms with E-state index >= 15 is 0 Å². The number of benzene rings is 2. The fourth-order valence-electron chi connectivity index (χ4n) is 3.07. The molecule has 2 N–H and O–H groups in total. The van der Waals surface area contributed by atoms with Gasteiger partial charge in [-0.2, -0.15) is 0 Å². The molecule has 0 saturated heterocycles. The first-order valence-electron chi connectivity index (χ1n) is 10.1. The summed E-state index contributed by atoms with van der Waals surface area (Å²) in [6.07, 6.45) is 3.43. The Balaban J connectivity index is 1.68. The van der Waals surface area contributed by atoms with Crippen LogP contribution < -0.4 is 30.2 Å². The SMILES string of the molecule is COc1cc(C=O)ccc1OCCOc1ccc(C=Cc2[nH]c(=O)[nH]c(=O)c2[N+](=O)[O-])cc1OC. The molecule has 0 unspecified atom stereocenters. The number of methoxy groups -OCH3 is 2. The van der Waals surface area contributed by atoms with E-state index in [1.165, 1.54) is 26.4 Å². The zero-order valence-electron chi connectivity index (χ0n) is 18.7. The van der Waals surface area contributed by atoms with Crippen molar-refractivity contribution in [2.24, 2.45) is 0 Å². The molecule has 2 aromatic carbocycles. The van der Waals surface area contributed by atoms with E-state index in [1.807, 2.05) is 4.98 Å². The molecular weight excluding hydrogens is 462 g/mol. The maximum absolute atomic E-state index is 11.7. The molecule has 0 spiro atoms. The summed E-state index contributed by atoms with van der Waals surface area (Å²) in [7, 11) is 2.92. The smallest absolute Gasteiger partial charge is 0.357 e. The van der Waals surface area contributed by atoms with Crippen LogP contribution in [0, 0.1) is 10.1 Å². The van der Waals surface area contributed by atoms with Crippen molar-refractivity contribution in [3.05, 3.63) is 84.2 Å². The molecule has 0 aliphatic carbocycles. The van der Waals surface area contributed by atoms with E-state index in [0.29, 0.717) is 40.4 Å². The van der Waals surface area contributed by atoms with Crippen molar-refractivity contribution in [1.82, 2.24) is 9.97 Å². The van der Waals surface area contributed by atoms with E-state index in [1.54, 1.807) is 36.4 Å². The third-order valence-corrected chi connectivity index (χ3v) is 4.68. The molecule has 3 aromatic rings. The highest BCUT2D eigenvalue weighted by molar-refractivity contribution is 5.76. The second kappa shape index (κ2) is 11.3. The zero-order valence-corrected chi connectivity index (χ0v) is 18.7. The van der Waals surface area contributed by atoms with Crippen LogP contribution in [0.2, 0.25) is 0 Å². The van der Waals surface area contributed by atoms with Crippen molar-refractivity contribution in [2.45, 2.75) is 0 Å². The molecule has 12 nitrogen and oxygen atoms in total. The van der Waals surface area contributed by atoms with Crippen molar-refractivity contribution in [3.8, 4) is 23.0 Å². The minimum absolute atomic E-state index is 0.171. The molecule has 0 fully saturated rings. The fourth-order valence-corrected chi connectivity index (χ4v) is 3.07. The van der Waals surface area contributed by atoms with Gasteiger partial charge in [-0.1, -0.05) is 12.1 Å². The van der Waals surface area contributed by atoms with Crippen molar-refractivity contribution in [3.63, 3.8) is 0 Å². The molecule has 0 aliphatic rings. The molecule has 3 rings (SSSR count). The van der Waals surface area contributed by atoms with Crippen LogP contribution in [0.1, 0.15) is 21.6 Å². The molecule has 1 heterocycles. The first-order chi connectivity index (χ1) is 16.9. The quantitative estimate of drug-likeness (QED) is 0.180. The lowest BCUT2D eigenvalue weighted by Crippen LogP contribution is -2.25. The Bertz CT molecular complexity index is 1380. The lowest BCUT2D eigenvalue weighted by Gasteiger charge is -2.13. The van der Waals surface area contributed by atoms with Crippen LogP contribution in [-0.2, 0) is 0 Å². The normalized spacial score (nSPS) is 10.7. The Morgan fingerprint density at radius 3 is 1.97 bits per heavy atom. The number of nitrogens with zero attached hydrogens (tertiary/aromatic N) is 1. The molecule has 0 aliphatic heterocycles. The molecule has 182 valence electrons. The van der Waals surface area contributed by atoms with Gasteiger partial charge in [-0.15, -0.1) is 0 Å². The number of nitro groups is 1. The maximum atomic E-state index is 11.7. The van der Waals surface area contributed by atoms with Gasteiger partial charge in [0, 0.05) is 5.56 Å². The summed E-state index contributed by atoms with van der Waals surface area (Å²) in [5.74, 6) is 1.69. The average Bonchev–Trinajstić information content (AvgIpc) is 2.84. The summed E-state index contributed by atoms with van der Waals surface area (Å²) in [6.45, 7) is 0.353. The van der Waals surface area contributed by atoms with Crippen LogP contribution in [0.3, 0.4) is 0 Å². The Morgan fingerprint density at radius 2 is 1.43 bits per heavy atom. The Labute approximate surface area is 197 Å². The number of H-pyrrole nitrogens is 2. The first-order valence-corrected chi connectivity index (χ1v) is 10.1. The van der Waals surface area contributed by atoms with Gasteiger partial charge in [0.15, 0.2) is 23.0 Å². The Kier molecular flexibility index (Phi) is 8.01. The Morgan fingerprint density at radius 1 is 0.857 bits per heavy atom. The van der Waals surface area contributed by atoms with Crippen molar-refractivity contribution in [2.75, 3.05) is 27.4 Å². The number of ether oxygens (including phenoxy) is 4. The lowest BCUT2D eigenvalue weighted by molar-refractivity contribution is -0.386. The fraction of sp³-hybridized carbons (Fsp3) is 0.174. The number of hydrogen-bond acceptors (Lipinski definition) is 9. The van der Waals surface area contributed by atoms with Gasteiger partial charge in [-0.25, -0.2) is 4.79 Å². The van der Waals surface area contributed by atoms with Crippen LogP contribution in [0.4, 0.5) is 5.69 Å². The van der Waals surface area contributed by atoms with Gasteiger partial charge in [0.25, 0.3) is 0 Å². The number of carbonyl (C=O) groups excluding carboxylic acids is 1. The van der Waals surface area contributed by atoms with Crippen LogP contribution in [0.5, 0.6) is 23.0 Å². The van der Waals surface area contributed by atoms with Crippen LogP contribution in [0.15, 0.2) is 46.0 Å². The molecule has 0 bridgehead atoms. The van der Waals surface area contributed by atoms with Gasteiger partial charge in [0.1, 0.15) is 25.2 Å². The largest absolute Gasteiger partial charge is 0.493 e. The van der Waals surface area contributed by atoms with E-state index in [2.05, 4.69) is 4.98 Å². The highest BCUT2D eigenvalue weighted by Gasteiger charge is 2.18. The first kappa shape index (κ1) is 24.8. The summed E-state index contributed by atoms with van der Waals surface area (Å²) in [5, 5.41) is 11.2. The molecule has 1 aromatic heterocycles. The lowest BCUT2D eigenvalue weighted by atomic mass is 10.1. The van der Waals surface area contributed by atoms with Crippen LogP contribution >= 0.6 is 0 Å². The number of carbonyl (C=O) groups is 1. The third-order valence-electron chi connectivity index (χ3n) is 4.68. The summed E-state index contributed by atoms with van der Waals surface area (Å²) < 4.78 is 21.9. The van der Waals surface area contributed by atoms with Gasteiger partial charge in [0.2, 0.25) is 0 Å². The number of nitrogens with one attached hydrogen (secondary N) is 2. The third kappa shape index (κ3) is 6.13. The van der Waals surface area contributed by atoms with E-state index in [9.17, 15) is 24.5 Å². The van der Waals surface area contributed by atoms with E-state index in [0.717, 1.165) is 0 Å². The van der Waals surface area contributed by atoms with Gasteiger partial charge in [-0.05, 0) is 42.0 Å². The Hall–Kier alpha value is -4.87. The van der Waals surface area contributed by atoms with E-state index < -0.39 is 21.9 Å². The highest BCUT2D eigenvalue weighted by atomic mass is 16.6. The average molecular weight is 483 g/mol. The van der Waals surface area contributed by atoms with Gasteiger partial charge in [-0.3, -0.25) is 24.7 Å². The number of rotatable bonds is 11. The van der Waals surface area contributed by atoms with Crippen molar-refractivity contribution < 1.29 is 28.7 Å². The number of aldehydes is 1.